The largest absolute Gasteiger partial charge is 0.480 e. The number of rotatable bonds is 7. The van der Waals surface area contributed by atoms with E-state index in [9.17, 15) is 9.59 Å². The number of amides is 1. The van der Waals surface area contributed by atoms with E-state index < -0.39 is 18.0 Å². The molecule has 1 atom stereocenters. The zero-order valence-electron chi connectivity index (χ0n) is 12.5. The van der Waals surface area contributed by atoms with Crippen LogP contribution in [-0.2, 0) is 20.9 Å². The SMILES string of the molecule is C[C@@H](OC(=O)COc1ccccc1Cl)C(=O)NCc1ccco1. The highest BCUT2D eigenvalue weighted by molar-refractivity contribution is 6.32. The molecule has 1 amide bonds. The van der Waals surface area contributed by atoms with Crippen LogP contribution in [0, 0.1) is 0 Å². The van der Waals surface area contributed by atoms with Crippen molar-refractivity contribution in [1.29, 1.82) is 0 Å². The number of ether oxygens (including phenoxy) is 2. The fourth-order valence-corrected chi connectivity index (χ4v) is 1.90. The second-order valence-electron chi connectivity index (χ2n) is 4.65. The molecule has 0 saturated heterocycles. The molecule has 122 valence electrons. The van der Waals surface area contributed by atoms with Gasteiger partial charge in [-0.3, -0.25) is 4.79 Å². The quantitative estimate of drug-likeness (QED) is 0.786. The van der Waals surface area contributed by atoms with Crippen molar-refractivity contribution in [3.8, 4) is 5.75 Å². The summed E-state index contributed by atoms with van der Waals surface area (Å²) in [6.07, 6.45) is 0.573. The van der Waals surface area contributed by atoms with Crippen molar-refractivity contribution in [3.63, 3.8) is 0 Å². The monoisotopic (exact) mass is 337 g/mol. The van der Waals surface area contributed by atoms with E-state index in [1.54, 1.807) is 36.4 Å². The van der Waals surface area contributed by atoms with Crippen molar-refractivity contribution >= 4 is 23.5 Å². The highest BCUT2D eigenvalue weighted by Crippen LogP contribution is 2.22. The fourth-order valence-electron chi connectivity index (χ4n) is 1.71. The molecule has 0 bridgehead atoms. The van der Waals surface area contributed by atoms with E-state index in [0.717, 1.165) is 0 Å². The van der Waals surface area contributed by atoms with Crippen molar-refractivity contribution in [3.05, 3.63) is 53.4 Å². The molecule has 0 aliphatic heterocycles. The van der Waals surface area contributed by atoms with E-state index in [1.807, 2.05) is 0 Å². The summed E-state index contributed by atoms with van der Waals surface area (Å²) in [5.41, 5.74) is 0. The summed E-state index contributed by atoms with van der Waals surface area (Å²) in [6, 6.07) is 10.2. The van der Waals surface area contributed by atoms with Gasteiger partial charge in [-0.05, 0) is 31.2 Å². The second kappa shape index (κ2) is 8.24. The standard InChI is InChI=1S/C16H16ClNO5/c1-11(16(20)18-9-12-5-4-8-21-12)23-15(19)10-22-14-7-3-2-6-13(14)17/h2-8,11H,9-10H2,1H3,(H,18,20)/t11-/m1/s1. The molecule has 2 aromatic rings. The number of esters is 1. The summed E-state index contributed by atoms with van der Waals surface area (Å²) in [7, 11) is 0. The van der Waals surface area contributed by atoms with Gasteiger partial charge in [0.15, 0.2) is 12.7 Å². The predicted octanol–water partition coefficient (Wildman–Crippen LogP) is 2.56. The van der Waals surface area contributed by atoms with Gasteiger partial charge in [-0.15, -0.1) is 0 Å². The predicted molar refractivity (Wildman–Crippen MR) is 83.1 cm³/mol. The molecule has 0 radical (unpaired) electrons. The van der Waals surface area contributed by atoms with Crippen LogP contribution in [0.3, 0.4) is 0 Å². The third-order valence-corrected chi connectivity index (χ3v) is 3.19. The molecular weight excluding hydrogens is 322 g/mol. The van der Waals surface area contributed by atoms with Gasteiger partial charge < -0.3 is 19.2 Å². The summed E-state index contributed by atoms with van der Waals surface area (Å²) < 4.78 is 15.3. The molecule has 1 N–H and O–H groups in total. The van der Waals surface area contributed by atoms with Gasteiger partial charge in [0.05, 0.1) is 17.8 Å². The Morgan fingerprint density at radius 2 is 2.04 bits per heavy atom. The minimum Gasteiger partial charge on any atom is -0.480 e. The topological polar surface area (TPSA) is 77.8 Å². The zero-order chi connectivity index (χ0) is 16.7. The normalized spacial score (nSPS) is 11.6. The number of carbonyl (C=O) groups is 2. The maximum absolute atomic E-state index is 11.8. The summed E-state index contributed by atoms with van der Waals surface area (Å²) in [5.74, 6) is -0.0990. The number of hydrogen-bond acceptors (Lipinski definition) is 5. The van der Waals surface area contributed by atoms with Gasteiger partial charge in [-0.25, -0.2) is 4.79 Å². The number of benzene rings is 1. The van der Waals surface area contributed by atoms with Gasteiger partial charge in [0.1, 0.15) is 11.5 Å². The van der Waals surface area contributed by atoms with Crippen LogP contribution in [0.15, 0.2) is 47.1 Å². The van der Waals surface area contributed by atoms with Crippen LogP contribution in [0.25, 0.3) is 0 Å². The second-order valence-corrected chi connectivity index (χ2v) is 5.06. The third-order valence-electron chi connectivity index (χ3n) is 2.88. The van der Waals surface area contributed by atoms with E-state index in [0.29, 0.717) is 16.5 Å². The van der Waals surface area contributed by atoms with Crippen molar-refractivity contribution in [2.45, 2.75) is 19.6 Å². The van der Waals surface area contributed by atoms with Crippen molar-refractivity contribution in [1.82, 2.24) is 5.32 Å². The Balaban J connectivity index is 1.73. The Morgan fingerprint density at radius 3 is 2.74 bits per heavy atom. The van der Waals surface area contributed by atoms with E-state index in [1.165, 1.54) is 13.2 Å². The van der Waals surface area contributed by atoms with Crippen LogP contribution in [0.2, 0.25) is 5.02 Å². The molecule has 7 heteroatoms. The minimum absolute atomic E-state index is 0.226. The lowest BCUT2D eigenvalue weighted by atomic mass is 10.3. The molecule has 0 saturated carbocycles. The van der Waals surface area contributed by atoms with Crippen molar-refractivity contribution < 1.29 is 23.5 Å². The Kier molecular flexibility index (Phi) is 6.05. The molecule has 0 aliphatic carbocycles. The highest BCUT2D eigenvalue weighted by atomic mass is 35.5. The van der Waals surface area contributed by atoms with Crippen LogP contribution < -0.4 is 10.1 Å². The summed E-state index contributed by atoms with van der Waals surface area (Å²) >= 11 is 5.90. The first-order valence-electron chi connectivity index (χ1n) is 6.93. The summed E-state index contributed by atoms with van der Waals surface area (Å²) in [4.78, 5) is 23.5. The van der Waals surface area contributed by atoms with Gasteiger partial charge in [0.25, 0.3) is 5.91 Å². The highest BCUT2D eigenvalue weighted by Gasteiger charge is 2.18. The summed E-state index contributed by atoms with van der Waals surface area (Å²) in [5, 5.41) is 2.99. The average molecular weight is 338 g/mol. The van der Waals surface area contributed by atoms with E-state index >= 15 is 0 Å². The lowest BCUT2D eigenvalue weighted by Crippen LogP contribution is -2.36. The molecule has 23 heavy (non-hydrogen) atoms. The molecule has 0 fully saturated rings. The molecule has 1 aromatic carbocycles. The maximum Gasteiger partial charge on any atom is 0.344 e. The van der Waals surface area contributed by atoms with Crippen LogP contribution >= 0.6 is 11.6 Å². The molecular formula is C16H16ClNO5. The molecule has 0 spiro atoms. The van der Waals surface area contributed by atoms with Crippen LogP contribution in [0.4, 0.5) is 0 Å². The van der Waals surface area contributed by atoms with Crippen molar-refractivity contribution in [2.75, 3.05) is 6.61 Å². The molecule has 0 unspecified atom stereocenters. The first-order chi connectivity index (χ1) is 11.1. The zero-order valence-corrected chi connectivity index (χ0v) is 13.2. The van der Waals surface area contributed by atoms with Crippen LogP contribution in [-0.4, -0.2) is 24.6 Å². The van der Waals surface area contributed by atoms with E-state index in [2.05, 4.69) is 5.32 Å². The van der Waals surface area contributed by atoms with Crippen LogP contribution in [0.1, 0.15) is 12.7 Å². The lowest BCUT2D eigenvalue weighted by molar-refractivity contribution is -0.156. The first-order valence-corrected chi connectivity index (χ1v) is 7.31. The average Bonchev–Trinajstić information content (AvgIpc) is 3.05. The third kappa shape index (κ3) is 5.34. The summed E-state index contributed by atoms with van der Waals surface area (Å²) in [6.45, 7) is 1.37. The Bertz CT molecular complexity index is 656. The van der Waals surface area contributed by atoms with Crippen LogP contribution in [0.5, 0.6) is 5.75 Å². The van der Waals surface area contributed by atoms with E-state index in [4.69, 9.17) is 25.5 Å². The smallest absolute Gasteiger partial charge is 0.344 e. The minimum atomic E-state index is -0.938. The number of furan rings is 1. The molecule has 2 rings (SSSR count). The Morgan fingerprint density at radius 1 is 1.26 bits per heavy atom. The van der Waals surface area contributed by atoms with Crippen molar-refractivity contribution in [2.24, 2.45) is 0 Å². The molecule has 6 nitrogen and oxygen atoms in total. The fraction of sp³-hybridized carbons (Fsp3) is 0.250. The number of hydrogen-bond donors (Lipinski definition) is 1. The van der Waals surface area contributed by atoms with E-state index in [-0.39, 0.29) is 13.2 Å². The van der Waals surface area contributed by atoms with Gasteiger partial charge in [-0.2, -0.15) is 0 Å². The maximum atomic E-state index is 11.8. The van der Waals surface area contributed by atoms with Gasteiger partial charge in [-0.1, -0.05) is 23.7 Å². The lowest BCUT2D eigenvalue weighted by Gasteiger charge is -2.13. The number of para-hydroxylation sites is 1. The first kappa shape index (κ1) is 16.9. The number of halogens is 1. The molecule has 1 heterocycles. The Hall–Kier alpha value is -2.47. The number of nitrogens with one attached hydrogen (secondary N) is 1. The van der Waals surface area contributed by atoms with Gasteiger partial charge >= 0.3 is 5.97 Å². The van der Waals surface area contributed by atoms with Gasteiger partial charge in [0, 0.05) is 0 Å². The molecule has 1 aromatic heterocycles. The number of carbonyl (C=O) groups excluding carboxylic acids is 2. The van der Waals surface area contributed by atoms with Gasteiger partial charge in [0.2, 0.25) is 0 Å². The Labute approximate surface area is 138 Å². The molecule has 0 aliphatic rings.